The summed E-state index contributed by atoms with van der Waals surface area (Å²) < 4.78 is 0. The number of nitrogens with zero attached hydrogens (tertiary/aromatic N) is 2. The smallest absolute Gasteiger partial charge is 0.325 e. The van der Waals surface area contributed by atoms with Gasteiger partial charge in [-0.3, -0.25) is 24.3 Å². The summed E-state index contributed by atoms with van der Waals surface area (Å²) in [6.45, 7) is 4.33. The zero-order valence-electron chi connectivity index (χ0n) is 19.7. The number of carbonyl (C=O) groups excluding carboxylic acids is 2. The molecular formula is C24H37N5O4. The quantitative estimate of drug-likeness (QED) is 0.571. The zero-order valence-corrected chi connectivity index (χ0v) is 19.7. The molecule has 0 radical (unpaired) electrons. The molecule has 3 heterocycles. The summed E-state index contributed by atoms with van der Waals surface area (Å²) in [5.41, 5.74) is -1.22. The largest absolute Gasteiger partial charge is 0.342 e. The van der Waals surface area contributed by atoms with E-state index in [-0.39, 0.29) is 17.4 Å². The molecule has 33 heavy (non-hydrogen) atoms. The van der Waals surface area contributed by atoms with E-state index in [0.29, 0.717) is 50.5 Å². The molecule has 9 heteroatoms. The predicted molar refractivity (Wildman–Crippen MR) is 125 cm³/mol. The van der Waals surface area contributed by atoms with E-state index in [2.05, 4.69) is 27.1 Å². The molecule has 182 valence electrons. The van der Waals surface area contributed by atoms with Gasteiger partial charge in [-0.15, -0.1) is 0 Å². The molecule has 1 aromatic heterocycles. The lowest BCUT2D eigenvalue weighted by Crippen LogP contribution is -2.73. The molecule has 1 atom stereocenters. The van der Waals surface area contributed by atoms with E-state index < -0.39 is 17.3 Å². The number of piperidine rings is 1. The summed E-state index contributed by atoms with van der Waals surface area (Å²) in [5.74, 6) is 0.590. The highest BCUT2D eigenvalue weighted by Crippen LogP contribution is 2.36. The van der Waals surface area contributed by atoms with Crippen LogP contribution in [-0.2, 0) is 16.1 Å². The van der Waals surface area contributed by atoms with Crippen molar-refractivity contribution in [1.82, 2.24) is 25.1 Å². The first-order chi connectivity index (χ1) is 15.9. The van der Waals surface area contributed by atoms with E-state index in [1.165, 1.54) is 25.5 Å². The molecule has 1 spiro atoms. The Morgan fingerprint density at radius 2 is 1.79 bits per heavy atom. The van der Waals surface area contributed by atoms with Crippen molar-refractivity contribution in [3.63, 3.8) is 0 Å². The van der Waals surface area contributed by atoms with Crippen molar-refractivity contribution in [2.45, 2.75) is 89.3 Å². The molecule has 2 aliphatic heterocycles. The van der Waals surface area contributed by atoms with E-state index in [1.54, 1.807) is 0 Å². The van der Waals surface area contributed by atoms with Gasteiger partial charge in [-0.05, 0) is 31.6 Å². The van der Waals surface area contributed by atoms with Gasteiger partial charge in [-0.2, -0.15) is 0 Å². The molecule has 3 fully saturated rings. The van der Waals surface area contributed by atoms with Crippen LogP contribution in [0, 0.1) is 5.92 Å². The molecule has 9 nitrogen and oxygen atoms in total. The van der Waals surface area contributed by atoms with Crippen LogP contribution in [0.15, 0.2) is 15.8 Å². The lowest BCUT2D eigenvalue weighted by atomic mass is 9.79. The summed E-state index contributed by atoms with van der Waals surface area (Å²) >= 11 is 0. The minimum absolute atomic E-state index is 0.0134. The van der Waals surface area contributed by atoms with Crippen LogP contribution in [0.1, 0.15) is 76.7 Å². The summed E-state index contributed by atoms with van der Waals surface area (Å²) in [6.07, 6.45) is 11.2. The highest BCUT2D eigenvalue weighted by Gasteiger charge is 2.53. The highest BCUT2D eigenvalue weighted by molar-refractivity contribution is 6.00. The minimum Gasteiger partial charge on any atom is -0.342 e. The molecule has 1 saturated carbocycles. The third kappa shape index (κ3) is 5.08. The maximum atomic E-state index is 13.6. The average Bonchev–Trinajstić information content (AvgIpc) is 2.81. The van der Waals surface area contributed by atoms with Crippen LogP contribution in [0.2, 0.25) is 0 Å². The topological polar surface area (TPSA) is 118 Å². The van der Waals surface area contributed by atoms with Gasteiger partial charge < -0.3 is 15.2 Å². The number of hydrogen-bond donors (Lipinski definition) is 3. The van der Waals surface area contributed by atoms with Crippen molar-refractivity contribution in [1.29, 1.82) is 0 Å². The number of piperazine rings is 1. The number of rotatable bonds is 7. The van der Waals surface area contributed by atoms with E-state index in [1.807, 2.05) is 4.90 Å². The lowest BCUT2D eigenvalue weighted by Gasteiger charge is -2.52. The van der Waals surface area contributed by atoms with Crippen LogP contribution in [0.3, 0.4) is 0 Å². The molecule has 1 unspecified atom stereocenters. The zero-order chi connectivity index (χ0) is 23.4. The van der Waals surface area contributed by atoms with Crippen molar-refractivity contribution in [3.05, 3.63) is 32.6 Å². The summed E-state index contributed by atoms with van der Waals surface area (Å²) in [4.78, 5) is 59.2. The number of aromatic amines is 2. The first-order valence-corrected chi connectivity index (χ1v) is 12.6. The van der Waals surface area contributed by atoms with Crippen LogP contribution >= 0.6 is 0 Å². The van der Waals surface area contributed by atoms with Crippen LogP contribution in [0.5, 0.6) is 0 Å². The maximum absolute atomic E-state index is 13.6. The lowest BCUT2D eigenvalue weighted by molar-refractivity contribution is -0.162. The number of aromatic nitrogens is 2. The second-order valence-corrected chi connectivity index (χ2v) is 10.0. The Bertz CT molecular complexity index is 956. The van der Waals surface area contributed by atoms with Gasteiger partial charge in [-0.25, -0.2) is 4.79 Å². The van der Waals surface area contributed by atoms with Gasteiger partial charge in [0.15, 0.2) is 0 Å². The molecule has 0 aromatic carbocycles. The monoisotopic (exact) mass is 459 g/mol. The predicted octanol–water partition coefficient (Wildman–Crippen LogP) is 1.50. The fourth-order valence-corrected chi connectivity index (χ4v) is 5.81. The van der Waals surface area contributed by atoms with Crippen LogP contribution in [0.25, 0.3) is 0 Å². The third-order valence-corrected chi connectivity index (χ3v) is 7.81. The highest BCUT2D eigenvalue weighted by atomic mass is 16.2. The van der Waals surface area contributed by atoms with Gasteiger partial charge in [0.05, 0.1) is 0 Å². The summed E-state index contributed by atoms with van der Waals surface area (Å²) in [7, 11) is 0. The average molecular weight is 460 g/mol. The summed E-state index contributed by atoms with van der Waals surface area (Å²) in [5, 5.41) is 3.12. The molecule has 0 bridgehead atoms. The molecule has 2 amide bonds. The maximum Gasteiger partial charge on any atom is 0.325 e. The number of unbranched alkanes of at least 4 members (excludes halogenated alkanes) is 1. The number of likely N-dealkylation sites (tertiary alicyclic amines) is 1. The second-order valence-electron chi connectivity index (χ2n) is 10.0. The van der Waals surface area contributed by atoms with Crippen LogP contribution in [0.4, 0.5) is 0 Å². The Labute approximate surface area is 194 Å². The number of nitrogens with one attached hydrogen (secondary N) is 3. The van der Waals surface area contributed by atoms with Gasteiger partial charge in [0.1, 0.15) is 11.6 Å². The van der Waals surface area contributed by atoms with Gasteiger partial charge in [0.2, 0.25) is 11.8 Å². The molecule has 1 aliphatic carbocycles. The molecular weight excluding hydrogens is 422 g/mol. The number of amides is 2. The molecule has 3 N–H and O–H groups in total. The number of hydrogen-bond acceptors (Lipinski definition) is 5. The van der Waals surface area contributed by atoms with E-state index in [4.69, 9.17) is 0 Å². The van der Waals surface area contributed by atoms with Gasteiger partial charge in [-0.1, -0.05) is 45.4 Å². The van der Waals surface area contributed by atoms with Crippen LogP contribution in [-0.4, -0.2) is 62.8 Å². The first kappa shape index (κ1) is 23.7. The Kier molecular flexibility index (Phi) is 7.36. The van der Waals surface area contributed by atoms with Gasteiger partial charge in [0, 0.05) is 37.9 Å². The van der Waals surface area contributed by atoms with Gasteiger partial charge in [0.25, 0.3) is 5.56 Å². The molecule has 1 aromatic rings. The number of H-pyrrole nitrogens is 2. The Hall–Kier alpha value is -2.42. The van der Waals surface area contributed by atoms with Crippen molar-refractivity contribution in [2.24, 2.45) is 5.92 Å². The second kappa shape index (κ2) is 10.2. The fourth-order valence-electron chi connectivity index (χ4n) is 5.81. The summed E-state index contributed by atoms with van der Waals surface area (Å²) in [6, 6.07) is -0.402. The molecule has 4 rings (SSSR count). The fraction of sp³-hybridized carbons (Fsp3) is 0.750. The van der Waals surface area contributed by atoms with Crippen molar-refractivity contribution < 1.29 is 9.59 Å². The molecule has 2 saturated heterocycles. The van der Waals surface area contributed by atoms with E-state index in [0.717, 1.165) is 32.1 Å². The minimum atomic E-state index is -0.802. The van der Waals surface area contributed by atoms with Crippen LogP contribution < -0.4 is 16.6 Å². The number of carbonyl (C=O) groups is 2. The van der Waals surface area contributed by atoms with E-state index >= 15 is 0 Å². The Balaban J connectivity index is 1.46. The first-order valence-electron chi connectivity index (χ1n) is 12.6. The molecule has 3 aliphatic rings. The Morgan fingerprint density at radius 3 is 2.45 bits per heavy atom. The van der Waals surface area contributed by atoms with Crippen molar-refractivity contribution >= 4 is 11.8 Å². The van der Waals surface area contributed by atoms with Crippen molar-refractivity contribution in [2.75, 3.05) is 19.6 Å². The van der Waals surface area contributed by atoms with E-state index in [9.17, 15) is 19.2 Å². The Morgan fingerprint density at radius 1 is 1.06 bits per heavy atom. The standard InChI is InChI=1S/C24H37N5O4/c1-2-3-11-29-21(31)19(14-17-7-5-4-6-8-17)26-22(32)24(29)9-12-28(13-10-24)16-18-15-25-23(33)27-20(18)30/h15,17,19H,2-14,16H2,1H3,(H,26,32)(H2,25,27,30,33). The van der Waals surface area contributed by atoms with Gasteiger partial charge >= 0.3 is 5.69 Å². The normalized spacial score (nSPS) is 24.3. The third-order valence-electron chi connectivity index (χ3n) is 7.81. The van der Waals surface area contributed by atoms with Crippen molar-refractivity contribution in [3.8, 4) is 0 Å². The SMILES string of the molecule is CCCCN1C(=O)C(CC2CCCCC2)NC(=O)C12CCN(Cc1c[nH]c(=O)[nH]c1=O)CC2.